The lowest BCUT2D eigenvalue weighted by Crippen LogP contribution is -2.16. The van der Waals surface area contributed by atoms with Crippen molar-refractivity contribution in [2.75, 3.05) is 13.2 Å². The zero-order chi connectivity index (χ0) is 11.6. The maximum atomic E-state index is 5.80. The molecule has 2 heteroatoms. The zero-order valence-electron chi connectivity index (χ0n) is 10.2. The molecule has 0 aliphatic rings. The first-order valence-electron chi connectivity index (χ1n) is 6.25. The van der Waals surface area contributed by atoms with Gasteiger partial charge in [-0.05, 0) is 12.0 Å². The van der Waals surface area contributed by atoms with Crippen molar-refractivity contribution in [1.29, 1.82) is 0 Å². The van der Waals surface area contributed by atoms with E-state index in [4.69, 9.17) is 10.5 Å². The van der Waals surface area contributed by atoms with Gasteiger partial charge in [-0.15, -0.1) is 0 Å². The molecule has 0 aliphatic carbocycles. The Morgan fingerprint density at radius 3 is 2.50 bits per heavy atom. The molecule has 1 unspecified atom stereocenters. The second-order valence-electron chi connectivity index (χ2n) is 4.07. The highest BCUT2D eigenvalue weighted by Gasteiger charge is 2.08. The molecule has 1 rings (SSSR count). The van der Waals surface area contributed by atoms with Gasteiger partial charge < -0.3 is 10.5 Å². The van der Waals surface area contributed by atoms with Gasteiger partial charge in [0, 0.05) is 13.2 Å². The van der Waals surface area contributed by atoms with Gasteiger partial charge in [-0.25, -0.2) is 0 Å². The molecule has 0 radical (unpaired) electrons. The summed E-state index contributed by atoms with van der Waals surface area (Å²) in [6.07, 6.45) is 5.00. The van der Waals surface area contributed by atoms with E-state index < -0.39 is 0 Å². The van der Waals surface area contributed by atoms with E-state index in [0.717, 1.165) is 13.0 Å². The van der Waals surface area contributed by atoms with Crippen molar-refractivity contribution in [3.8, 4) is 0 Å². The van der Waals surface area contributed by atoms with E-state index in [1.807, 2.05) is 18.2 Å². The fourth-order valence-corrected chi connectivity index (χ4v) is 1.72. The molecule has 0 aliphatic heterocycles. The highest BCUT2D eigenvalue weighted by Crippen LogP contribution is 2.16. The maximum Gasteiger partial charge on any atom is 0.0947 e. The SMILES string of the molecule is CCCCCCOC(CN)c1ccccc1. The van der Waals surface area contributed by atoms with Gasteiger partial charge in [0.05, 0.1) is 6.10 Å². The number of rotatable bonds is 8. The van der Waals surface area contributed by atoms with E-state index in [9.17, 15) is 0 Å². The minimum Gasteiger partial charge on any atom is -0.372 e. The molecule has 1 atom stereocenters. The van der Waals surface area contributed by atoms with Gasteiger partial charge in [-0.2, -0.15) is 0 Å². The first kappa shape index (κ1) is 13.2. The van der Waals surface area contributed by atoms with E-state index in [0.29, 0.717) is 6.54 Å². The summed E-state index contributed by atoms with van der Waals surface area (Å²) in [6, 6.07) is 10.2. The van der Waals surface area contributed by atoms with Crippen LogP contribution in [-0.2, 0) is 4.74 Å². The van der Waals surface area contributed by atoms with Crippen molar-refractivity contribution >= 4 is 0 Å². The molecule has 0 spiro atoms. The minimum absolute atomic E-state index is 0.0582. The van der Waals surface area contributed by atoms with Crippen LogP contribution in [0.15, 0.2) is 30.3 Å². The molecule has 16 heavy (non-hydrogen) atoms. The van der Waals surface area contributed by atoms with Crippen molar-refractivity contribution in [2.24, 2.45) is 5.73 Å². The fourth-order valence-electron chi connectivity index (χ4n) is 1.72. The molecule has 0 saturated heterocycles. The van der Waals surface area contributed by atoms with Gasteiger partial charge in [0.2, 0.25) is 0 Å². The molecule has 2 N–H and O–H groups in total. The quantitative estimate of drug-likeness (QED) is 0.684. The first-order chi connectivity index (χ1) is 7.88. The maximum absolute atomic E-state index is 5.80. The monoisotopic (exact) mass is 221 g/mol. The summed E-state index contributed by atoms with van der Waals surface area (Å²) in [5.74, 6) is 0. The zero-order valence-corrected chi connectivity index (χ0v) is 10.2. The van der Waals surface area contributed by atoms with E-state index in [1.165, 1.54) is 24.8 Å². The van der Waals surface area contributed by atoms with Crippen LogP contribution in [0.4, 0.5) is 0 Å². The minimum atomic E-state index is 0.0582. The Hall–Kier alpha value is -0.860. The fraction of sp³-hybridized carbons (Fsp3) is 0.571. The molecule has 2 nitrogen and oxygen atoms in total. The number of ether oxygens (including phenoxy) is 1. The smallest absolute Gasteiger partial charge is 0.0947 e. The summed E-state index contributed by atoms with van der Waals surface area (Å²) in [4.78, 5) is 0. The van der Waals surface area contributed by atoms with Crippen LogP contribution < -0.4 is 5.73 Å². The lowest BCUT2D eigenvalue weighted by molar-refractivity contribution is 0.0558. The van der Waals surface area contributed by atoms with Gasteiger partial charge in [0.1, 0.15) is 0 Å². The van der Waals surface area contributed by atoms with Crippen molar-refractivity contribution in [1.82, 2.24) is 0 Å². The number of unbranched alkanes of at least 4 members (excludes halogenated alkanes) is 3. The van der Waals surface area contributed by atoms with Crippen LogP contribution in [0.25, 0.3) is 0 Å². The molecule has 0 bridgehead atoms. The summed E-state index contributed by atoms with van der Waals surface area (Å²) in [5, 5.41) is 0. The van der Waals surface area contributed by atoms with Crippen LogP contribution >= 0.6 is 0 Å². The molecule has 90 valence electrons. The van der Waals surface area contributed by atoms with Crippen molar-refractivity contribution in [3.63, 3.8) is 0 Å². The van der Waals surface area contributed by atoms with Crippen LogP contribution in [0, 0.1) is 0 Å². The number of benzene rings is 1. The van der Waals surface area contributed by atoms with Crippen LogP contribution in [0.3, 0.4) is 0 Å². The Morgan fingerprint density at radius 2 is 1.88 bits per heavy atom. The van der Waals surface area contributed by atoms with E-state index in [-0.39, 0.29) is 6.10 Å². The summed E-state index contributed by atoms with van der Waals surface area (Å²) in [5.41, 5.74) is 6.90. The lowest BCUT2D eigenvalue weighted by atomic mass is 10.1. The average Bonchev–Trinajstić information content (AvgIpc) is 2.35. The van der Waals surface area contributed by atoms with E-state index in [2.05, 4.69) is 19.1 Å². The molecule has 1 aromatic rings. The lowest BCUT2D eigenvalue weighted by Gasteiger charge is -2.16. The molecular weight excluding hydrogens is 198 g/mol. The number of hydrogen-bond donors (Lipinski definition) is 1. The number of hydrogen-bond acceptors (Lipinski definition) is 2. The van der Waals surface area contributed by atoms with E-state index >= 15 is 0 Å². The summed E-state index contributed by atoms with van der Waals surface area (Å²) < 4.78 is 5.80. The first-order valence-corrected chi connectivity index (χ1v) is 6.25. The van der Waals surface area contributed by atoms with Gasteiger partial charge in [-0.3, -0.25) is 0 Å². The van der Waals surface area contributed by atoms with Crippen molar-refractivity contribution in [3.05, 3.63) is 35.9 Å². The van der Waals surface area contributed by atoms with Crippen LogP contribution in [0.5, 0.6) is 0 Å². The molecular formula is C14H23NO. The van der Waals surface area contributed by atoms with Crippen LogP contribution in [0.2, 0.25) is 0 Å². The molecule has 0 amide bonds. The largest absolute Gasteiger partial charge is 0.372 e. The Balaban J connectivity index is 2.27. The Labute approximate surface area is 98.8 Å². The summed E-state index contributed by atoms with van der Waals surface area (Å²) in [6.45, 7) is 3.59. The normalized spacial score (nSPS) is 12.6. The predicted molar refractivity (Wildman–Crippen MR) is 68.3 cm³/mol. The van der Waals surface area contributed by atoms with Gasteiger partial charge in [0.25, 0.3) is 0 Å². The van der Waals surface area contributed by atoms with E-state index in [1.54, 1.807) is 0 Å². The van der Waals surface area contributed by atoms with Crippen molar-refractivity contribution < 1.29 is 4.74 Å². The highest BCUT2D eigenvalue weighted by atomic mass is 16.5. The second-order valence-corrected chi connectivity index (χ2v) is 4.07. The average molecular weight is 221 g/mol. The topological polar surface area (TPSA) is 35.2 Å². The molecule has 1 aromatic carbocycles. The van der Waals surface area contributed by atoms with Gasteiger partial charge >= 0.3 is 0 Å². The van der Waals surface area contributed by atoms with Crippen LogP contribution in [0.1, 0.15) is 44.3 Å². The standard InChI is InChI=1S/C14H23NO/c1-2-3-4-8-11-16-14(12-15)13-9-6-5-7-10-13/h5-7,9-10,14H,2-4,8,11-12,15H2,1H3. The summed E-state index contributed by atoms with van der Waals surface area (Å²) >= 11 is 0. The third kappa shape index (κ3) is 4.77. The number of nitrogens with two attached hydrogens (primary N) is 1. The van der Waals surface area contributed by atoms with Crippen molar-refractivity contribution in [2.45, 2.75) is 38.7 Å². The Kier molecular flexibility index (Phi) is 6.86. The predicted octanol–water partition coefficient (Wildman–Crippen LogP) is 3.28. The Morgan fingerprint density at radius 1 is 1.12 bits per heavy atom. The summed E-state index contributed by atoms with van der Waals surface area (Å²) in [7, 11) is 0. The molecule has 0 heterocycles. The molecule has 0 fully saturated rings. The second kappa shape index (κ2) is 8.31. The van der Waals surface area contributed by atoms with Crippen LogP contribution in [-0.4, -0.2) is 13.2 Å². The van der Waals surface area contributed by atoms with Gasteiger partial charge in [0.15, 0.2) is 0 Å². The Bertz CT molecular complexity index is 261. The third-order valence-electron chi connectivity index (χ3n) is 2.70. The third-order valence-corrected chi connectivity index (χ3v) is 2.70. The van der Waals surface area contributed by atoms with Gasteiger partial charge in [-0.1, -0.05) is 56.5 Å². The highest BCUT2D eigenvalue weighted by molar-refractivity contribution is 5.17. The molecule has 0 saturated carbocycles. The molecule has 0 aromatic heterocycles.